The lowest BCUT2D eigenvalue weighted by molar-refractivity contribution is -0.137. The van der Waals surface area contributed by atoms with E-state index in [1.165, 1.54) is 6.42 Å². The van der Waals surface area contributed by atoms with E-state index in [4.69, 9.17) is 4.74 Å². The molecule has 1 saturated carbocycles. The number of carbonyl (C=O) groups is 2. The Kier molecular flexibility index (Phi) is 9.08. The largest absolute Gasteiger partial charge is 0.444 e. The second kappa shape index (κ2) is 12.4. The fraction of sp³-hybridized carbons (Fsp3) is 0.517. The third kappa shape index (κ3) is 8.34. The van der Waals surface area contributed by atoms with E-state index in [-0.39, 0.29) is 17.7 Å². The van der Waals surface area contributed by atoms with Crippen LogP contribution >= 0.6 is 0 Å². The van der Waals surface area contributed by atoms with Crippen LogP contribution in [0.1, 0.15) is 64.0 Å². The normalized spacial score (nSPS) is 17.8. The first kappa shape index (κ1) is 30.1. The van der Waals surface area contributed by atoms with Gasteiger partial charge in [-0.05, 0) is 69.7 Å². The van der Waals surface area contributed by atoms with Crippen LogP contribution in [-0.2, 0) is 22.1 Å². The maximum absolute atomic E-state index is 14.0. The van der Waals surface area contributed by atoms with Crippen LogP contribution in [0.2, 0.25) is 0 Å². The summed E-state index contributed by atoms with van der Waals surface area (Å²) >= 11 is 0. The van der Waals surface area contributed by atoms with Gasteiger partial charge in [0.05, 0.1) is 11.4 Å². The number of piperidine rings is 1. The number of aromatic nitrogens is 2. The topological polar surface area (TPSA) is 108 Å². The Labute approximate surface area is 238 Å². The number of likely N-dealkylation sites (tertiary alicyclic amines) is 1. The molecule has 1 unspecified atom stereocenters. The molecule has 2 aliphatic rings. The molecule has 0 bridgehead atoms. The molecular formula is C29H37F3N6O3. The number of amides is 2. The lowest BCUT2D eigenvalue weighted by Gasteiger charge is -2.34. The Hall–Kier alpha value is -3.83. The zero-order chi connectivity index (χ0) is 29.8. The zero-order valence-electron chi connectivity index (χ0n) is 23.6. The molecule has 1 aromatic carbocycles. The van der Waals surface area contributed by atoms with Crippen LogP contribution in [0.4, 0.5) is 41.1 Å². The number of carbonyl (C=O) groups excluding carboxylic acids is 2. The lowest BCUT2D eigenvalue weighted by Crippen LogP contribution is -2.47. The summed E-state index contributed by atoms with van der Waals surface area (Å²) in [5.41, 5.74) is -0.141. The Morgan fingerprint density at radius 2 is 1.90 bits per heavy atom. The minimum Gasteiger partial charge on any atom is -0.444 e. The van der Waals surface area contributed by atoms with E-state index in [9.17, 15) is 22.8 Å². The quantitative estimate of drug-likeness (QED) is 0.308. The molecule has 2 heterocycles. The van der Waals surface area contributed by atoms with Crippen molar-refractivity contribution in [3.63, 3.8) is 0 Å². The molecule has 12 heteroatoms. The van der Waals surface area contributed by atoms with E-state index < -0.39 is 35.2 Å². The summed E-state index contributed by atoms with van der Waals surface area (Å²) in [5, 5.41) is 8.53. The Bertz CT molecular complexity index is 1270. The second-order valence-corrected chi connectivity index (χ2v) is 11.6. The number of anilines is 4. The van der Waals surface area contributed by atoms with E-state index >= 15 is 0 Å². The van der Waals surface area contributed by atoms with Crippen LogP contribution in [-0.4, -0.2) is 51.6 Å². The second-order valence-electron chi connectivity index (χ2n) is 11.6. The molecule has 0 radical (unpaired) electrons. The Morgan fingerprint density at radius 3 is 2.54 bits per heavy atom. The van der Waals surface area contributed by atoms with Crippen molar-refractivity contribution in [2.24, 2.45) is 5.92 Å². The van der Waals surface area contributed by atoms with Crippen molar-refractivity contribution in [2.45, 2.75) is 77.1 Å². The predicted octanol–water partition coefficient (Wildman–Crippen LogP) is 6.52. The molecule has 3 N–H and O–H groups in total. The standard InChI is InChI=1S/C29H37F3N6O3/c1-5-24(39)35-23-15-19(14-18-8-6-9-18)11-12-22(23)36-25-21(29(30,31)32)16-33-26(37-25)34-20-10-7-13-38(17-20)27(40)41-28(2,3)4/h5,11-12,15-16,18,20H,1,6-10,13-14,17H2,2-4H3,(H,35,39)(H2,33,34,36,37). The molecule has 2 amide bonds. The number of benzene rings is 1. The van der Waals surface area contributed by atoms with Gasteiger partial charge in [-0.3, -0.25) is 4.79 Å². The van der Waals surface area contributed by atoms with Crippen LogP contribution in [0.3, 0.4) is 0 Å². The summed E-state index contributed by atoms with van der Waals surface area (Å²) in [6.07, 6.45) is 2.29. The molecule has 1 aromatic heterocycles. The van der Waals surface area contributed by atoms with Gasteiger partial charge in [-0.25, -0.2) is 9.78 Å². The molecule has 9 nitrogen and oxygen atoms in total. The summed E-state index contributed by atoms with van der Waals surface area (Å²) in [6.45, 7) is 9.63. The first-order chi connectivity index (χ1) is 19.3. The first-order valence-electron chi connectivity index (χ1n) is 13.8. The molecule has 1 atom stereocenters. The zero-order valence-corrected chi connectivity index (χ0v) is 23.6. The van der Waals surface area contributed by atoms with Crippen molar-refractivity contribution in [2.75, 3.05) is 29.0 Å². The SMILES string of the molecule is C=CC(=O)Nc1cc(CC2CCC2)ccc1Nc1nc(NC2CCCN(C(=O)OC(C)(C)C)C2)ncc1C(F)(F)F. The number of nitrogens with one attached hydrogen (secondary N) is 3. The van der Waals surface area contributed by atoms with Crippen molar-refractivity contribution in [1.29, 1.82) is 0 Å². The number of hydrogen-bond acceptors (Lipinski definition) is 7. The van der Waals surface area contributed by atoms with Gasteiger partial charge in [0.15, 0.2) is 0 Å². The van der Waals surface area contributed by atoms with Crippen molar-refractivity contribution in [1.82, 2.24) is 14.9 Å². The molecular weight excluding hydrogens is 537 g/mol. The highest BCUT2D eigenvalue weighted by Gasteiger charge is 2.36. The van der Waals surface area contributed by atoms with Gasteiger partial charge in [0.2, 0.25) is 11.9 Å². The number of alkyl halides is 3. The van der Waals surface area contributed by atoms with Gasteiger partial charge in [0.1, 0.15) is 17.0 Å². The Balaban J connectivity index is 1.57. The maximum Gasteiger partial charge on any atom is 0.421 e. The minimum absolute atomic E-state index is 0.0187. The van der Waals surface area contributed by atoms with E-state index in [0.717, 1.165) is 37.1 Å². The molecule has 4 rings (SSSR count). The number of ether oxygens (including phenoxy) is 1. The van der Waals surface area contributed by atoms with Gasteiger partial charge in [0, 0.05) is 25.3 Å². The number of rotatable bonds is 8. The van der Waals surface area contributed by atoms with Gasteiger partial charge < -0.3 is 25.6 Å². The molecule has 222 valence electrons. The summed E-state index contributed by atoms with van der Waals surface area (Å²) < 4.78 is 47.3. The van der Waals surface area contributed by atoms with Gasteiger partial charge in [-0.15, -0.1) is 0 Å². The van der Waals surface area contributed by atoms with E-state index in [1.807, 2.05) is 6.07 Å². The van der Waals surface area contributed by atoms with E-state index in [2.05, 4.69) is 32.5 Å². The molecule has 1 aliphatic carbocycles. The fourth-order valence-corrected chi connectivity index (χ4v) is 4.80. The van der Waals surface area contributed by atoms with Crippen molar-refractivity contribution >= 4 is 35.1 Å². The average molecular weight is 575 g/mol. The van der Waals surface area contributed by atoms with Crippen molar-refractivity contribution < 1.29 is 27.5 Å². The first-order valence-corrected chi connectivity index (χ1v) is 13.8. The van der Waals surface area contributed by atoms with Crippen LogP contribution in [0, 0.1) is 5.92 Å². The van der Waals surface area contributed by atoms with Gasteiger partial charge in [-0.2, -0.15) is 18.2 Å². The van der Waals surface area contributed by atoms with Crippen molar-refractivity contribution in [3.8, 4) is 0 Å². The van der Waals surface area contributed by atoms with Crippen LogP contribution in [0.5, 0.6) is 0 Å². The van der Waals surface area contributed by atoms with E-state index in [0.29, 0.717) is 37.5 Å². The van der Waals surface area contributed by atoms with Crippen LogP contribution < -0.4 is 16.0 Å². The number of hydrogen-bond donors (Lipinski definition) is 3. The van der Waals surface area contributed by atoms with E-state index in [1.54, 1.807) is 37.8 Å². The highest BCUT2D eigenvalue weighted by molar-refractivity contribution is 6.01. The summed E-state index contributed by atoms with van der Waals surface area (Å²) in [5.74, 6) is -0.401. The Morgan fingerprint density at radius 1 is 1.15 bits per heavy atom. The van der Waals surface area contributed by atoms with Crippen LogP contribution in [0.25, 0.3) is 0 Å². The minimum atomic E-state index is -4.73. The summed E-state index contributed by atoms with van der Waals surface area (Å²) in [7, 11) is 0. The molecule has 41 heavy (non-hydrogen) atoms. The summed E-state index contributed by atoms with van der Waals surface area (Å²) in [6, 6.07) is 4.96. The third-order valence-corrected chi connectivity index (χ3v) is 7.03. The van der Waals surface area contributed by atoms with Crippen LogP contribution in [0.15, 0.2) is 37.1 Å². The van der Waals surface area contributed by atoms with Gasteiger partial charge in [-0.1, -0.05) is 31.9 Å². The molecule has 0 spiro atoms. The lowest BCUT2D eigenvalue weighted by atomic mass is 9.81. The summed E-state index contributed by atoms with van der Waals surface area (Å²) in [4.78, 5) is 34.3. The smallest absolute Gasteiger partial charge is 0.421 e. The molecule has 1 saturated heterocycles. The number of nitrogens with zero attached hydrogens (tertiary/aromatic N) is 3. The number of halogens is 3. The third-order valence-electron chi connectivity index (χ3n) is 7.03. The van der Waals surface area contributed by atoms with Gasteiger partial charge >= 0.3 is 12.3 Å². The molecule has 2 fully saturated rings. The highest BCUT2D eigenvalue weighted by Crippen LogP contribution is 2.37. The van der Waals surface area contributed by atoms with Gasteiger partial charge in [0.25, 0.3) is 0 Å². The predicted molar refractivity (Wildman–Crippen MR) is 151 cm³/mol. The highest BCUT2D eigenvalue weighted by atomic mass is 19.4. The molecule has 2 aromatic rings. The fourth-order valence-electron chi connectivity index (χ4n) is 4.80. The van der Waals surface area contributed by atoms with Crippen molar-refractivity contribution in [3.05, 3.63) is 48.2 Å². The average Bonchev–Trinajstić information content (AvgIpc) is 2.86. The monoisotopic (exact) mass is 574 g/mol. The molecule has 1 aliphatic heterocycles. The maximum atomic E-state index is 14.0.